The summed E-state index contributed by atoms with van der Waals surface area (Å²) >= 11 is 6.23. The van der Waals surface area contributed by atoms with Crippen LogP contribution in [0.4, 0.5) is 4.39 Å². The summed E-state index contributed by atoms with van der Waals surface area (Å²) < 4.78 is 26.7. The van der Waals surface area contributed by atoms with Crippen LogP contribution in [0.1, 0.15) is 38.6 Å². The molecule has 3 aromatic rings. The number of carbonyl (C=O) groups is 2. The van der Waals surface area contributed by atoms with E-state index in [1.807, 2.05) is 7.05 Å². The van der Waals surface area contributed by atoms with Crippen molar-refractivity contribution in [1.82, 2.24) is 9.88 Å². The molecule has 1 aliphatic heterocycles. The predicted molar refractivity (Wildman–Crippen MR) is 107 cm³/mol. The molecule has 8 heteroatoms. The minimum Gasteiger partial charge on any atom is -0.486 e. The SMILES string of the molecule is CN1CC[C@@H](Oc2ccc(Cl)c(-c3nc4c(o3)C(=O)c3ccccc3C4=O)c2F)C1. The van der Waals surface area contributed by atoms with Gasteiger partial charge in [-0.15, -0.1) is 0 Å². The molecule has 6 nitrogen and oxygen atoms in total. The van der Waals surface area contributed by atoms with Gasteiger partial charge in [0.15, 0.2) is 17.3 Å². The lowest BCUT2D eigenvalue weighted by Gasteiger charge is -2.15. The van der Waals surface area contributed by atoms with Gasteiger partial charge in [0, 0.05) is 24.2 Å². The third-order valence-corrected chi connectivity index (χ3v) is 5.69. The largest absolute Gasteiger partial charge is 0.486 e. The van der Waals surface area contributed by atoms with Crippen LogP contribution in [0.15, 0.2) is 40.8 Å². The lowest BCUT2D eigenvalue weighted by atomic mass is 9.91. The third kappa shape index (κ3) is 2.93. The maximum absolute atomic E-state index is 15.3. The molecule has 0 bridgehead atoms. The standard InChI is InChI=1S/C22H16ClFN2O4/c1-26-9-8-11(10-26)29-15-7-6-14(23)16(17(15)24)22-25-18-19(27)12-4-2-3-5-13(12)20(28)21(18)30-22/h2-7,11H,8-10H2,1H3/t11-/m1/s1. The van der Waals surface area contributed by atoms with E-state index in [9.17, 15) is 9.59 Å². The van der Waals surface area contributed by atoms with Crippen LogP contribution < -0.4 is 4.74 Å². The molecule has 1 saturated heterocycles. The molecule has 1 aromatic heterocycles. The molecule has 152 valence electrons. The zero-order valence-electron chi connectivity index (χ0n) is 15.9. The highest BCUT2D eigenvalue weighted by Gasteiger charge is 2.36. The van der Waals surface area contributed by atoms with E-state index in [4.69, 9.17) is 20.8 Å². The molecule has 1 atom stereocenters. The molecule has 2 heterocycles. The van der Waals surface area contributed by atoms with Crippen molar-refractivity contribution in [3.8, 4) is 17.2 Å². The molecule has 1 fully saturated rings. The molecule has 1 aliphatic carbocycles. The molecular formula is C22H16ClFN2O4. The van der Waals surface area contributed by atoms with Crippen molar-refractivity contribution in [3.63, 3.8) is 0 Å². The van der Waals surface area contributed by atoms with Crippen molar-refractivity contribution in [1.29, 1.82) is 0 Å². The van der Waals surface area contributed by atoms with Crippen LogP contribution >= 0.6 is 11.6 Å². The van der Waals surface area contributed by atoms with Crippen LogP contribution in [-0.4, -0.2) is 47.7 Å². The molecule has 0 spiro atoms. The van der Waals surface area contributed by atoms with E-state index in [1.54, 1.807) is 24.3 Å². The molecular weight excluding hydrogens is 411 g/mol. The van der Waals surface area contributed by atoms with E-state index in [1.165, 1.54) is 12.1 Å². The van der Waals surface area contributed by atoms with Crippen molar-refractivity contribution in [2.24, 2.45) is 0 Å². The second kappa shape index (κ2) is 7.04. The zero-order chi connectivity index (χ0) is 21.0. The second-order valence-electron chi connectivity index (χ2n) is 7.43. The van der Waals surface area contributed by atoms with Gasteiger partial charge in [-0.2, -0.15) is 0 Å². The number of nitrogens with zero attached hydrogens (tertiary/aromatic N) is 2. The van der Waals surface area contributed by atoms with Crippen LogP contribution in [0.5, 0.6) is 5.75 Å². The number of hydrogen-bond acceptors (Lipinski definition) is 6. The first-order valence-corrected chi connectivity index (χ1v) is 9.84. The first-order chi connectivity index (χ1) is 14.4. The second-order valence-corrected chi connectivity index (χ2v) is 7.83. The first-order valence-electron chi connectivity index (χ1n) is 9.47. The van der Waals surface area contributed by atoms with E-state index < -0.39 is 17.4 Å². The van der Waals surface area contributed by atoms with E-state index in [0.29, 0.717) is 6.54 Å². The Morgan fingerprint density at radius 3 is 2.60 bits per heavy atom. The highest BCUT2D eigenvalue weighted by atomic mass is 35.5. The van der Waals surface area contributed by atoms with E-state index in [0.717, 1.165) is 13.0 Å². The molecule has 5 rings (SSSR count). The smallest absolute Gasteiger partial charge is 0.232 e. The number of halogens is 2. The fourth-order valence-electron chi connectivity index (χ4n) is 3.85. The Balaban J connectivity index is 1.56. The van der Waals surface area contributed by atoms with E-state index in [-0.39, 0.29) is 50.9 Å². The maximum Gasteiger partial charge on any atom is 0.232 e. The lowest BCUT2D eigenvalue weighted by Crippen LogP contribution is -2.21. The number of likely N-dealkylation sites (N-methyl/N-ethyl adjacent to an activating group) is 1. The van der Waals surface area contributed by atoms with Gasteiger partial charge in [0.1, 0.15) is 6.10 Å². The summed E-state index contributed by atoms with van der Waals surface area (Å²) in [5.41, 5.74) is 0.183. The number of carbonyl (C=O) groups excluding carboxylic acids is 2. The summed E-state index contributed by atoms with van der Waals surface area (Å²) in [5.74, 6) is -2.09. The fourth-order valence-corrected chi connectivity index (χ4v) is 4.08. The quantitative estimate of drug-likeness (QED) is 0.493. The number of benzene rings is 2. The number of ether oxygens (including phenoxy) is 1. The Labute approximate surface area is 176 Å². The van der Waals surface area contributed by atoms with Crippen LogP contribution in [0.25, 0.3) is 11.5 Å². The summed E-state index contributed by atoms with van der Waals surface area (Å²) in [7, 11) is 1.97. The first kappa shape index (κ1) is 19.0. The van der Waals surface area contributed by atoms with Crippen molar-refractivity contribution >= 4 is 23.2 Å². The molecule has 2 aromatic carbocycles. The van der Waals surface area contributed by atoms with Gasteiger partial charge in [-0.25, -0.2) is 9.37 Å². The van der Waals surface area contributed by atoms with E-state index >= 15 is 4.39 Å². The number of aromatic nitrogens is 1. The highest BCUT2D eigenvalue weighted by Crippen LogP contribution is 2.38. The number of oxazole rings is 1. The Morgan fingerprint density at radius 1 is 1.17 bits per heavy atom. The van der Waals surface area contributed by atoms with Crippen molar-refractivity contribution in [2.75, 3.05) is 20.1 Å². The molecule has 30 heavy (non-hydrogen) atoms. The average molecular weight is 427 g/mol. The van der Waals surface area contributed by atoms with Gasteiger partial charge in [0.2, 0.25) is 23.2 Å². The molecule has 0 unspecified atom stereocenters. The minimum atomic E-state index is -0.743. The van der Waals surface area contributed by atoms with Gasteiger partial charge >= 0.3 is 0 Å². The zero-order valence-corrected chi connectivity index (χ0v) is 16.7. The topological polar surface area (TPSA) is 72.6 Å². The van der Waals surface area contributed by atoms with E-state index in [2.05, 4.69) is 9.88 Å². The van der Waals surface area contributed by atoms with Crippen LogP contribution in [0, 0.1) is 5.82 Å². The van der Waals surface area contributed by atoms with Gasteiger partial charge in [-0.1, -0.05) is 35.9 Å². The van der Waals surface area contributed by atoms with Crippen LogP contribution in [0.2, 0.25) is 5.02 Å². The van der Waals surface area contributed by atoms with Crippen molar-refractivity contribution in [3.05, 3.63) is 69.8 Å². The summed E-state index contributed by atoms with van der Waals surface area (Å²) in [5, 5.41) is 0.0411. The van der Waals surface area contributed by atoms with Crippen LogP contribution in [0.3, 0.4) is 0 Å². The number of rotatable bonds is 3. The minimum absolute atomic E-state index is 0.0202. The predicted octanol–water partition coefficient (Wildman–Crippen LogP) is 3.99. The molecule has 0 N–H and O–H groups in total. The maximum atomic E-state index is 15.3. The Bertz CT molecular complexity index is 1150. The number of hydrogen-bond donors (Lipinski definition) is 0. The van der Waals surface area contributed by atoms with Crippen LogP contribution in [-0.2, 0) is 0 Å². The number of ketones is 2. The normalized spacial score (nSPS) is 18.4. The lowest BCUT2D eigenvalue weighted by molar-refractivity contribution is 0.0959. The molecule has 0 saturated carbocycles. The summed E-state index contributed by atoms with van der Waals surface area (Å²) in [6, 6.07) is 9.34. The summed E-state index contributed by atoms with van der Waals surface area (Å²) in [6.07, 6.45) is 0.636. The Hall–Kier alpha value is -3.03. The van der Waals surface area contributed by atoms with Gasteiger partial charge in [0.05, 0.1) is 10.6 Å². The third-order valence-electron chi connectivity index (χ3n) is 5.38. The summed E-state index contributed by atoms with van der Waals surface area (Å²) in [4.78, 5) is 31.7. The highest BCUT2D eigenvalue weighted by molar-refractivity contribution is 6.33. The molecule has 0 amide bonds. The van der Waals surface area contributed by atoms with Crippen molar-refractivity contribution in [2.45, 2.75) is 12.5 Å². The van der Waals surface area contributed by atoms with Gasteiger partial charge in [-0.3, -0.25) is 9.59 Å². The van der Waals surface area contributed by atoms with Crippen molar-refractivity contribution < 1.29 is 23.1 Å². The molecule has 0 radical (unpaired) electrons. The average Bonchev–Trinajstić information content (AvgIpc) is 3.35. The number of fused-ring (bicyclic) bond motifs is 2. The van der Waals surface area contributed by atoms with Gasteiger partial charge in [-0.05, 0) is 25.6 Å². The monoisotopic (exact) mass is 426 g/mol. The molecule has 2 aliphatic rings. The Kier molecular flexibility index (Phi) is 4.45. The Morgan fingerprint density at radius 2 is 1.90 bits per heavy atom. The number of likely N-dealkylation sites (tertiary alicyclic amines) is 1. The summed E-state index contributed by atoms with van der Waals surface area (Å²) in [6.45, 7) is 1.55. The van der Waals surface area contributed by atoms with Gasteiger partial charge in [0.25, 0.3) is 0 Å². The fraction of sp³-hybridized carbons (Fsp3) is 0.227. The van der Waals surface area contributed by atoms with Gasteiger partial charge < -0.3 is 14.1 Å².